The lowest BCUT2D eigenvalue weighted by Gasteiger charge is -2.35. The van der Waals surface area contributed by atoms with E-state index < -0.39 is 12.3 Å². The molecule has 2 unspecified atom stereocenters. The van der Waals surface area contributed by atoms with Crippen LogP contribution in [0.3, 0.4) is 0 Å². The minimum Gasteiger partial charge on any atom is -0.472 e. The van der Waals surface area contributed by atoms with E-state index in [1.165, 1.54) is 5.57 Å². The zero-order chi connectivity index (χ0) is 21.5. The van der Waals surface area contributed by atoms with Crippen molar-refractivity contribution in [1.29, 1.82) is 0 Å². The summed E-state index contributed by atoms with van der Waals surface area (Å²) in [6.07, 6.45) is 5.85. The standard InChI is InChI=1S/C24H23Cl2N3O2/c1-14(30)24(31-21-4-2-3-20-17(21)7-10-27-20)29-11-8-15(9-12-29)18-13-28-23-16(18)5-6-19(25)22(23)26/h2-8,10,13-14,24,27-28,30H,9,11-12H2,1H3. The molecule has 0 aliphatic carbocycles. The fourth-order valence-corrected chi connectivity index (χ4v) is 4.71. The Hall–Kier alpha value is -2.44. The fraction of sp³-hybridized carbons (Fsp3) is 0.250. The minimum absolute atomic E-state index is 0.436. The van der Waals surface area contributed by atoms with Crippen LogP contribution in [0.4, 0.5) is 0 Å². The maximum atomic E-state index is 10.5. The summed E-state index contributed by atoms with van der Waals surface area (Å²) in [6.45, 7) is 3.23. The molecule has 5 rings (SSSR count). The molecule has 0 fully saturated rings. The molecule has 5 nitrogen and oxygen atoms in total. The Morgan fingerprint density at radius 2 is 1.97 bits per heavy atom. The molecule has 31 heavy (non-hydrogen) atoms. The molecule has 0 amide bonds. The van der Waals surface area contributed by atoms with E-state index in [0.717, 1.165) is 46.1 Å². The first-order chi connectivity index (χ1) is 15.0. The van der Waals surface area contributed by atoms with Crippen molar-refractivity contribution in [3.63, 3.8) is 0 Å². The van der Waals surface area contributed by atoms with Crippen LogP contribution in [0, 0.1) is 0 Å². The Morgan fingerprint density at radius 1 is 1.10 bits per heavy atom. The Balaban J connectivity index is 1.39. The number of hydrogen-bond donors (Lipinski definition) is 3. The predicted octanol–water partition coefficient (Wildman–Crippen LogP) is 5.83. The van der Waals surface area contributed by atoms with Crippen LogP contribution in [0.15, 0.2) is 54.9 Å². The van der Waals surface area contributed by atoms with Crippen molar-refractivity contribution in [3.05, 3.63) is 70.5 Å². The molecule has 0 spiro atoms. The first-order valence-corrected chi connectivity index (χ1v) is 11.1. The molecule has 1 aliphatic rings. The van der Waals surface area contributed by atoms with Gasteiger partial charge in [0.15, 0.2) is 6.23 Å². The van der Waals surface area contributed by atoms with Crippen LogP contribution in [0.2, 0.25) is 10.0 Å². The molecule has 0 radical (unpaired) electrons. The monoisotopic (exact) mass is 455 g/mol. The largest absolute Gasteiger partial charge is 0.472 e. The van der Waals surface area contributed by atoms with Crippen molar-refractivity contribution in [3.8, 4) is 5.75 Å². The number of nitrogens with zero attached hydrogens (tertiary/aromatic N) is 1. The van der Waals surface area contributed by atoms with Gasteiger partial charge in [0, 0.05) is 47.3 Å². The summed E-state index contributed by atoms with van der Waals surface area (Å²) in [5.41, 5.74) is 4.26. The van der Waals surface area contributed by atoms with E-state index in [1.54, 1.807) is 6.92 Å². The molecule has 0 saturated carbocycles. The van der Waals surface area contributed by atoms with Crippen molar-refractivity contribution in [2.75, 3.05) is 13.1 Å². The lowest BCUT2D eigenvalue weighted by atomic mass is 9.98. The number of halogens is 2. The number of rotatable bonds is 5. The highest BCUT2D eigenvalue weighted by molar-refractivity contribution is 6.45. The third-order valence-corrected chi connectivity index (χ3v) is 6.71. The van der Waals surface area contributed by atoms with E-state index >= 15 is 0 Å². The zero-order valence-electron chi connectivity index (χ0n) is 17.0. The van der Waals surface area contributed by atoms with Crippen LogP contribution in [-0.4, -0.2) is 45.4 Å². The maximum Gasteiger partial charge on any atom is 0.178 e. The third kappa shape index (κ3) is 3.72. The smallest absolute Gasteiger partial charge is 0.178 e. The van der Waals surface area contributed by atoms with Gasteiger partial charge in [-0.25, -0.2) is 0 Å². The molecule has 0 bridgehead atoms. The van der Waals surface area contributed by atoms with Crippen molar-refractivity contribution in [2.24, 2.45) is 0 Å². The van der Waals surface area contributed by atoms with Gasteiger partial charge < -0.3 is 19.8 Å². The Morgan fingerprint density at radius 3 is 2.74 bits per heavy atom. The fourth-order valence-electron chi connectivity index (χ4n) is 4.33. The minimum atomic E-state index is -0.641. The molecule has 0 saturated heterocycles. The average Bonchev–Trinajstić information content (AvgIpc) is 3.42. The highest BCUT2D eigenvalue weighted by Gasteiger charge is 2.28. The van der Waals surface area contributed by atoms with Gasteiger partial charge in [-0.1, -0.05) is 41.4 Å². The quantitative estimate of drug-likeness (QED) is 0.354. The highest BCUT2D eigenvalue weighted by atomic mass is 35.5. The van der Waals surface area contributed by atoms with Gasteiger partial charge in [0.2, 0.25) is 0 Å². The van der Waals surface area contributed by atoms with E-state index in [0.29, 0.717) is 16.6 Å². The van der Waals surface area contributed by atoms with Gasteiger partial charge in [-0.15, -0.1) is 0 Å². The number of aliphatic hydroxyl groups excluding tert-OH is 1. The van der Waals surface area contributed by atoms with Crippen molar-refractivity contribution in [1.82, 2.24) is 14.9 Å². The molecule has 3 heterocycles. The van der Waals surface area contributed by atoms with Gasteiger partial charge >= 0.3 is 0 Å². The van der Waals surface area contributed by atoms with Gasteiger partial charge in [0.1, 0.15) is 11.9 Å². The van der Waals surface area contributed by atoms with Gasteiger partial charge in [-0.3, -0.25) is 4.90 Å². The van der Waals surface area contributed by atoms with Crippen LogP contribution in [0.5, 0.6) is 5.75 Å². The average molecular weight is 456 g/mol. The number of ether oxygens (including phenoxy) is 1. The molecule has 3 N–H and O–H groups in total. The zero-order valence-corrected chi connectivity index (χ0v) is 18.5. The molecule has 4 aromatic rings. The van der Waals surface area contributed by atoms with Gasteiger partial charge in [0.05, 0.1) is 15.6 Å². The number of H-pyrrole nitrogens is 2. The molecule has 2 atom stereocenters. The van der Waals surface area contributed by atoms with E-state index in [1.807, 2.05) is 48.8 Å². The molecular weight excluding hydrogens is 433 g/mol. The Kier molecular flexibility index (Phi) is 5.44. The number of aromatic amines is 2. The van der Waals surface area contributed by atoms with Gasteiger partial charge in [0.25, 0.3) is 0 Å². The molecule has 2 aromatic heterocycles. The number of nitrogens with one attached hydrogen (secondary N) is 2. The number of fused-ring (bicyclic) bond motifs is 2. The first-order valence-electron chi connectivity index (χ1n) is 10.3. The molecular formula is C24H23Cl2N3O2. The summed E-state index contributed by atoms with van der Waals surface area (Å²) in [6, 6.07) is 11.7. The second-order valence-electron chi connectivity index (χ2n) is 7.90. The van der Waals surface area contributed by atoms with Crippen LogP contribution in [0.1, 0.15) is 18.9 Å². The number of benzene rings is 2. The normalized spacial score (nSPS) is 17.1. The maximum absolute atomic E-state index is 10.5. The van der Waals surface area contributed by atoms with E-state index in [-0.39, 0.29) is 0 Å². The summed E-state index contributed by atoms with van der Waals surface area (Å²) in [5, 5.41) is 13.6. The van der Waals surface area contributed by atoms with Crippen LogP contribution in [-0.2, 0) is 0 Å². The van der Waals surface area contributed by atoms with Gasteiger partial charge in [-0.2, -0.15) is 0 Å². The van der Waals surface area contributed by atoms with Crippen LogP contribution < -0.4 is 4.74 Å². The lowest BCUT2D eigenvalue weighted by molar-refractivity contribution is -0.0528. The van der Waals surface area contributed by atoms with Gasteiger partial charge in [-0.05, 0) is 43.2 Å². The topological polar surface area (TPSA) is 64.3 Å². The van der Waals surface area contributed by atoms with E-state index in [2.05, 4.69) is 20.9 Å². The number of aliphatic hydroxyl groups is 1. The summed E-state index contributed by atoms with van der Waals surface area (Å²) in [7, 11) is 0. The molecule has 7 heteroatoms. The summed E-state index contributed by atoms with van der Waals surface area (Å²) >= 11 is 12.5. The Bertz CT molecular complexity index is 1270. The molecule has 2 aromatic carbocycles. The third-order valence-electron chi connectivity index (χ3n) is 5.91. The Labute approximate surface area is 190 Å². The van der Waals surface area contributed by atoms with Crippen molar-refractivity contribution >= 4 is 50.6 Å². The lowest BCUT2D eigenvalue weighted by Crippen LogP contribution is -2.48. The number of hydrogen-bond acceptors (Lipinski definition) is 3. The number of aromatic nitrogens is 2. The summed E-state index contributed by atoms with van der Waals surface area (Å²) < 4.78 is 6.30. The highest BCUT2D eigenvalue weighted by Crippen LogP contribution is 2.36. The molecule has 1 aliphatic heterocycles. The first kappa shape index (κ1) is 20.5. The second kappa shape index (κ2) is 8.24. The molecule has 160 valence electrons. The van der Waals surface area contributed by atoms with E-state index in [9.17, 15) is 5.11 Å². The summed E-state index contributed by atoms with van der Waals surface area (Å²) in [5.74, 6) is 0.766. The van der Waals surface area contributed by atoms with Crippen LogP contribution >= 0.6 is 23.2 Å². The van der Waals surface area contributed by atoms with Crippen molar-refractivity contribution in [2.45, 2.75) is 25.7 Å². The van der Waals surface area contributed by atoms with E-state index in [4.69, 9.17) is 27.9 Å². The predicted molar refractivity (Wildman–Crippen MR) is 127 cm³/mol. The summed E-state index contributed by atoms with van der Waals surface area (Å²) in [4.78, 5) is 8.62. The van der Waals surface area contributed by atoms with Crippen LogP contribution in [0.25, 0.3) is 27.4 Å². The van der Waals surface area contributed by atoms with Crippen molar-refractivity contribution < 1.29 is 9.84 Å². The SMILES string of the molecule is CC(O)C(Oc1cccc2[nH]ccc12)N1CC=C(c2c[nH]c3c(Cl)c(Cl)ccc23)CC1. The second-order valence-corrected chi connectivity index (χ2v) is 8.69.